The molecule has 2 aromatic carbocycles. The molecule has 0 aliphatic rings. The van der Waals surface area contributed by atoms with Crippen molar-refractivity contribution in [1.29, 1.82) is 0 Å². The summed E-state index contributed by atoms with van der Waals surface area (Å²) in [6, 6.07) is 16.6. The molecule has 2 rings (SSSR count). The van der Waals surface area contributed by atoms with Crippen LogP contribution in [-0.4, -0.2) is 36.9 Å². The molecular formula is C20H26ClN3O2. The third-order valence-corrected chi connectivity index (χ3v) is 4.03. The number of para-hydroxylation sites is 1. The third-order valence-electron chi connectivity index (χ3n) is 4.03. The molecule has 0 aromatic heterocycles. The van der Waals surface area contributed by atoms with Gasteiger partial charge in [-0.3, -0.25) is 9.59 Å². The minimum Gasteiger partial charge on any atom is -0.399 e. The van der Waals surface area contributed by atoms with Crippen LogP contribution in [0.4, 0.5) is 5.69 Å². The standard InChI is InChI=1S/C20H25N3O2.ClH/c1-23(2)20(25)18(14-15-8-4-3-5-9-15)22-19(24)13-12-16-10-6-7-11-17(16)21;/h3-11,18H,12-14,21H2,1-2H3,(H,22,24);1H. The zero-order valence-electron chi connectivity index (χ0n) is 15.1. The van der Waals surface area contributed by atoms with E-state index in [2.05, 4.69) is 5.32 Å². The summed E-state index contributed by atoms with van der Waals surface area (Å²) < 4.78 is 0. The fraction of sp³-hybridized carbons (Fsp3) is 0.300. The molecule has 0 saturated heterocycles. The SMILES string of the molecule is CN(C)C(=O)C(Cc1ccccc1)NC(=O)CCc1ccccc1N.Cl. The van der Waals surface area contributed by atoms with Crippen LogP contribution in [0.15, 0.2) is 54.6 Å². The number of carbonyl (C=O) groups excluding carboxylic acids is 2. The van der Waals surface area contributed by atoms with E-state index < -0.39 is 6.04 Å². The van der Waals surface area contributed by atoms with Crippen LogP contribution in [0.1, 0.15) is 17.5 Å². The highest BCUT2D eigenvalue weighted by Gasteiger charge is 2.22. The maximum Gasteiger partial charge on any atom is 0.244 e. The van der Waals surface area contributed by atoms with Crippen LogP contribution < -0.4 is 11.1 Å². The summed E-state index contributed by atoms with van der Waals surface area (Å²) in [4.78, 5) is 26.2. The summed E-state index contributed by atoms with van der Waals surface area (Å²) in [6.45, 7) is 0. The van der Waals surface area contributed by atoms with E-state index in [-0.39, 0.29) is 24.2 Å². The number of anilines is 1. The Morgan fingerprint density at radius 1 is 1.04 bits per heavy atom. The first-order valence-electron chi connectivity index (χ1n) is 8.35. The largest absolute Gasteiger partial charge is 0.399 e. The van der Waals surface area contributed by atoms with Gasteiger partial charge < -0.3 is 16.0 Å². The van der Waals surface area contributed by atoms with Crippen molar-refractivity contribution >= 4 is 29.9 Å². The molecule has 0 radical (unpaired) electrons. The molecule has 0 spiro atoms. The van der Waals surface area contributed by atoms with Crippen molar-refractivity contribution in [2.24, 2.45) is 0 Å². The van der Waals surface area contributed by atoms with Gasteiger partial charge in [0.15, 0.2) is 0 Å². The number of carbonyl (C=O) groups is 2. The summed E-state index contributed by atoms with van der Waals surface area (Å²) in [5.41, 5.74) is 8.54. The van der Waals surface area contributed by atoms with Gasteiger partial charge in [-0.2, -0.15) is 0 Å². The first-order valence-corrected chi connectivity index (χ1v) is 8.35. The normalized spacial score (nSPS) is 11.2. The molecule has 5 nitrogen and oxygen atoms in total. The zero-order valence-corrected chi connectivity index (χ0v) is 16.0. The van der Waals surface area contributed by atoms with Crippen LogP contribution in [0.2, 0.25) is 0 Å². The Hall–Kier alpha value is -2.53. The molecule has 0 heterocycles. The second-order valence-corrected chi connectivity index (χ2v) is 6.24. The van der Waals surface area contributed by atoms with Crippen molar-refractivity contribution in [3.8, 4) is 0 Å². The summed E-state index contributed by atoms with van der Waals surface area (Å²) in [5, 5.41) is 2.87. The van der Waals surface area contributed by atoms with E-state index in [1.807, 2.05) is 54.6 Å². The van der Waals surface area contributed by atoms with Crippen LogP contribution in [0.25, 0.3) is 0 Å². The molecule has 140 valence electrons. The lowest BCUT2D eigenvalue weighted by molar-refractivity contribution is -0.134. The number of nitrogens with zero attached hydrogens (tertiary/aromatic N) is 1. The minimum absolute atomic E-state index is 0. The van der Waals surface area contributed by atoms with E-state index in [9.17, 15) is 9.59 Å². The number of hydrogen-bond acceptors (Lipinski definition) is 3. The molecule has 0 saturated carbocycles. The Bertz CT molecular complexity index is 720. The van der Waals surface area contributed by atoms with Crippen molar-refractivity contribution in [2.45, 2.75) is 25.3 Å². The van der Waals surface area contributed by atoms with Gasteiger partial charge in [-0.15, -0.1) is 12.4 Å². The van der Waals surface area contributed by atoms with Gasteiger partial charge in [0.05, 0.1) is 0 Å². The quantitative estimate of drug-likeness (QED) is 0.730. The number of nitrogens with two attached hydrogens (primary N) is 1. The van der Waals surface area contributed by atoms with Crippen LogP contribution in [0.3, 0.4) is 0 Å². The number of rotatable bonds is 7. The molecule has 6 heteroatoms. The second kappa shape index (κ2) is 10.5. The predicted molar refractivity (Wildman–Crippen MR) is 107 cm³/mol. The van der Waals surface area contributed by atoms with Gasteiger partial charge in [0.2, 0.25) is 11.8 Å². The second-order valence-electron chi connectivity index (χ2n) is 6.24. The Kier molecular flexibility index (Phi) is 8.65. The summed E-state index contributed by atoms with van der Waals surface area (Å²) in [6.07, 6.45) is 1.31. The lowest BCUT2D eigenvalue weighted by Gasteiger charge is -2.22. The highest BCUT2D eigenvalue weighted by atomic mass is 35.5. The number of aryl methyl sites for hydroxylation is 1. The molecule has 1 unspecified atom stereocenters. The third kappa shape index (κ3) is 6.41. The average molecular weight is 376 g/mol. The van der Waals surface area contributed by atoms with E-state index in [0.717, 1.165) is 11.1 Å². The predicted octanol–water partition coefficient (Wildman–Crippen LogP) is 2.44. The Morgan fingerprint density at radius 3 is 2.27 bits per heavy atom. The van der Waals surface area contributed by atoms with E-state index in [1.165, 1.54) is 4.90 Å². The number of likely N-dealkylation sites (N-methyl/N-ethyl adjacent to an activating group) is 1. The fourth-order valence-electron chi connectivity index (χ4n) is 2.64. The van der Waals surface area contributed by atoms with E-state index >= 15 is 0 Å². The van der Waals surface area contributed by atoms with Crippen LogP contribution in [0.5, 0.6) is 0 Å². The Morgan fingerprint density at radius 2 is 1.65 bits per heavy atom. The van der Waals surface area contributed by atoms with Gasteiger partial charge in [0.1, 0.15) is 6.04 Å². The zero-order chi connectivity index (χ0) is 18.2. The Balaban J connectivity index is 0.00000338. The average Bonchev–Trinajstić information content (AvgIpc) is 2.60. The minimum atomic E-state index is -0.571. The smallest absolute Gasteiger partial charge is 0.244 e. The van der Waals surface area contributed by atoms with Gasteiger partial charge in [-0.05, 0) is 23.6 Å². The summed E-state index contributed by atoms with van der Waals surface area (Å²) >= 11 is 0. The first-order chi connectivity index (χ1) is 12.0. The number of halogens is 1. The van der Waals surface area contributed by atoms with Gasteiger partial charge in [-0.1, -0.05) is 48.5 Å². The van der Waals surface area contributed by atoms with Crippen molar-refractivity contribution in [3.63, 3.8) is 0 Å². The number of nitrogen functional groups attached to an aromatic ring is 1. The number of nitrogens with one attached hydrogen (secondary N) is 1. The van der Waals surface area contributed by atoms with Crippen LogP contribution in [-0.2, 0) is 22.4 Å². The van der Waals surface area contributed by atoms with Gasteiger partial charge in [-0.25, -0.2) is 0 Å². The highest BCUT2D eigenvalue weighted by Crippen LogP contribution is 2.13. The van der Waals surface area contributed by atoms with Crippen molar-refractivity contribution in [3.05, 3.63) is 65.7 Å². The maximum absolute atomic E-state index is 12.4. The van der Waals surface area contributed by atoms with E-state index in [1.54, 1.807) is 14.1 Å². The first kappa shape index (κ1) is 21.5. The molecule has 0 aliphatic heterocycles. The van der Waals surface area contributed by atoms with Crippen LogP contribution >= 0.6 is 12.4 Å². The molecule has 2 amide bonds. The highest BCUT2D eigenvalue weighted by molar-refractivity contribution is 5.87. The Labute approximate surface area is 161 Å². The van der Waals surface area contributed by atoms with Gasteiger partial charge in [0, 0.05) is 32.6 Å². The summed E-state index contributed by atoms with van der Waals surface area (Å²) in [7, 11) is 3.38. The molecule has 26 heavy (non-hydrogen) atoms. The molecule has 0 bridgehead atoms. The fourth-order valence-corrected chi connectivity index (χ4v) is 2.64. The van der Waals surface area contributed by atoms with E-state index in [0.29, 0.717) is 24.9 Å². The molecule has 3 N–H and O–H groups in total. The van der Waals surface area contributed by atoms with Crippen molar-refractivity contribution in [1.82, 2.24) is 10.2 Å². The molecule has 0 fully saturated rings. The summed E-state index contributed by atoms with van der Waals surface area (Å²) in [5.74, 6) is -0.268. The molecule has 0 aliphatic carbocycles. The van der Waals surface area contributed by atoms with Crippen molar-refractivity contribution < 1.29 is 9.59 Å². The van der Waals surface area contributed by atoms with Crippen LogP contribution in [0, 0.1) is 0 Å². The number of hydrogen-bond donors (Lipinski definition) is 2. The van der Waals surface area contributed by atoms with E-state index in [4.69, 9.17) is 5.73 Å². The van der Waals surface area contributed by atoms with Gasteiger partial charge >= 0.3 is 0 Å². The topological polar surface area (TPSA) is 75.4 Å². The lowest BCUT2D eigenvalue weighted by atomic mass is 10.0. The molecule has 1 atom stereocenters. The number of benzene rings is 2. The van der Waals surface area contributed by atoms with Crippen molar-refractivity contribution in [2.75, 3.05) is 19.8 Å². The lowest BCUT2D eigenvalue weighted by Crippen LogP contribution is -2.47. The number of amides is 2. The monoisotopic (exact) mass is 375 g/mol. The molecular weight excluding hydrogens is 350 g/mol. The molecule has 2 aromatic rings. The van der Waals surface area contributed by atoms with Gasteiger partial charge in [0.25, 0.3) is 0 Å². The maximum atomic E-state index is 12.4.